The first-order valence-electron chi connectivity index (χ1n) is 20.5. The van der Waals surface area contributed by atoms with E-state index < -0.39 is 54.9 Å². The van der Waals surface area contributed by atoms with Crippen LogP contribution in [-0.4, -0.2) is 36.7 Å². The molecule has 2 radical (unpaired) electrons. The van der Waals surface area contributed by atoms with E-state index >= 15 is 0 Å². The molecule has 6 aliphatic carbocycles. The minimum absolute atomic E-state index is 0. The van der Waals surface area contributed by atoms with Crippen molar-refractivity contribution in [3.8, 4) is 0 Å². The summed E-state index contributed by atoms with van der Waals surface area (Å²) in [6.45, 7) is 0. The quantitative estimate of drug-likeness (QED) is 0.0451. The van der Waals surface area contributed by atoms with E-state index in [0.717, 1.165) is 0 Å². The van der Waals surface area contributed by atoms with E-state index in [9.17, 15) is 17.6 Å². The first kappa shape index (κ1) is 42.6. The third-order valence-corrected chi connectivity index (χ3v) is 24.1. The minimum atomic E-state index is -1.98. The van der Waals surface area contributed by atoms with E-state index in [1.165, 1.54) is 47.0 Å². The molecule has 0 N–H and O–H groups in total. The molecule has 0 unspecified atom stereocenters. The summed E-state index contributed by atoms with van der Waals surface area (Å²) in [6, 6.07) is 32.9. The van der Waals surface area contributed by atoms with Gasteiger partial charge in [0.1, 0.15) is 0 Å². The molecule has 3 fully saturated rings. The zero-order valence-electron chi connectivity index (χ0n) is 31.8. The van der Waals surface area contributed by atoms with Crippen LogP contribution in [0.1, 0.15) is 119 Å². The fraction of sp³-hybridized carbons (Fsp3) is 0.417. The average molecular weight is 1050 g/mol. The Hall–Kier alpha value is -2.04. The Labute approximate surface area is 348 Å². The van der Waals surface area contributed by atoms with Crippen molar-refractivity contribution in [2.75, 3.05) is 0 Å². The third kappa shape index (κ3) is 10.3. The number of allylic oxidation sites excluding steroid dienone is 4. The summed E-state index contributed by atoms with van der Waals surface area (Å²) in [4.78, 5) is 0. The number of hydrogen-bond acceptors (Lipinski definition) is 0. The first-order chi connectivity index (χ1) is 26.5. The Kier molecular flexibility index (Phi) is 16.3. The van der Waals surface area contributed by atoms with Gasteiger partial charge in [-0.1, -0.05) is 90.0 Å². The third-order valence-electron chi connectivity index (χ3n) is 12.2. The molecule has 4 aromatic carbocycles. The van der Waals surface area contributed by atoms with Gasteiger partial charge in [-0.25, -0.2) is 17.6 Å². The molecule has 7 heteroatoms. The Morgan fingerprint density at radius 1 is 0.382 bits per heavy atom. The summed E-state index contributed by atoms with van der Waals surface area (Å²) in [7, 11) is 0.385. The average Bonchev–Trinajstić information content (AvgIpc) is 3.25. The first-order valence-corrected chi connectivity index (χ1v) is 26.4. The van der Waals surface area contributed by atoms with E-state index in [4.69, 9.17) is 0 Å². The van der Waals surface area contributed by atoms with Crippen molar-refractivity contribution in [1.29, 1.82) is 0 Å². The second kappa shape index (κ2) is 21.1. The van der Waals surface area contributed by atoms with Crippen LogP contribution in [0, 0.1) is 23.3 Å². The van der Waals surface area contributed by atoms with Gasteiger partial charge in [0.15, 0.2) is 23.3 Å². The van der Waals surface area contributed by atoms with Crippen LogP contribution in [0.3, 0.4) is 0 Å². The fourth-order valence-corrected chi connectivity index (χ4v) is 21.7. The van der Waals surface area contributed by atoms with Crippen molar-refractivity contribution in [3.63, 3.8) is 0 Å². The summed E-state index contributed by atoms with van der Waals surface area (Å²) < 4.78 is 57.8. The fourth-order valence-electron chi connectivity index (χ4n) is 9.66. The van der Waals surface area contributed by atoms with E-state index in [1.54, 1.807) is 101 Å². The molecule has 4 aromatic rings. The molecule has 2 bridgehead atoms. The van der Waals surface area contributed by atoms with Crippen molar-refractivity contribution < 1.29 is 37.7 Å². The van der Waals surface area contributed by atoms with Crippen molar-refractivity contribution >= 4 is 38.4 Å². The Bertz CT molecular complexity index is 1640. The predicted molar refractivity (Wildman–Crippen MR) is 222 cm³/mol. The van der Waals surface area contributed by atoms with Gasteiger partial charge >= 0.3 is 121 Å². The van der Waals surface area contributed by atoms with Crippen molar-refractivity contribution in [3.05, 3.63) is 150 Å². The molecule has 0 atom stereocenters. The molecule has 55 heavy (non-hydrogen) atoms. The maximum absolute atomic E-state index is 13.5. The normalized spacial score (nSPS) is 20.9. The van der Waals surface area contributed by atoms with Gasteiger partial charge in [-0.15, -0.1) is 0 Å². The number of halogens is 4. The Morgan fingerprint density at radius 2 is 0.655 bits per heavy atom. The maximum atomic E-state index is 13.5. The molecule has 0 saturated heterocycles. The van der Waals surface area contributed by atoms with Crippen LogP contribution in [0.4, 0.5) is 17.6 Å². The summed E-state index contributed by atoms with van der Waals surface area (Å²) in [5.41, 5.74) is 3.41. The van der Waals surface area contributed by atoms with Crippen molar-refractivity contribution in [2.24, 2.45) is 0 Å². The Balaban J connectivity index is 0.000000140. The molecule has 6 aliphatic rings. The molecule has 3 saturated carbocycles. The van der Waals surface area contributed by atoms with Gasteiger partial charge in [0.25, 0.3) is 0 Å². The molecule has 0 nitrogen and oxygen atoms in total. The van der Waals surface area contributed by atoms with Crippen molar-refractivity contribution in [2.45, 2.75) is 125 Å². The van der Waals surface area contributed by atoms with Gasteiger partial charge in [0.05, 0.1) is 0 Å². The summed E-state index contributed by atoms with van der Waals surface area (Å²) >= 11 is -1.98. The van der Waals surface area contributed by atoms with Gasteiger partial charge in [0.2, 0.25) is 0 Å². The van der Waals surface area contributed by atoms with Gasteiger partial charge in [-0.3, -0.25) is 0 Å². The molecule has 0 spiro atoms. The van der Waals surface area contributed by atoms with Gasteiger partial charge in [-0.05, 0) is 55.5 Å². The van der Waals surface area contributed by atoms with E-state index in [2.05, 4.69) is 91.0 Å². The van der Waals surface area contributed by atoms with Crippen LogP contribution in [-0.2, 0) is 20.1 Å². The monoisotopic (exact) mass is 1050 g/mol. The summed E-state index contributed by atoms with van der Waals surface area (Å²) in [6.07, 6.45) is 30.3. The van der Waals surface area contributed by atoms with Crippen LogP contribution in [0.2, 0.25) is 0 Å². The van der Waals surface area contributed by atoms with Gasteiger partial charge in [-0.2, -0.15) is 0 Å². The second-order valence-corrected chi connectivity index (χ2v) is 25.9. The van der Waals surface area contributed by atoms with Crippen LogP contribution < -0.4 is 10.7 Å². The molecule has 0 aliphatic heterocycles. The number of rotatable bonds is 6. The van der Waals surface area contributed by atoms with Crippen LogP contribution in [0.25, 0.3) is 0 Å². The molecular weight excluding hydrogens is 994 g/mol. The molecule has 0 amide bonds. The second-order valence-electron chi connectivity index (χ2n) is 15.7. The molecule has 0 heterocycles. The molecule has 10 rings (SSSR count). The number of hydrogen-bond donors (Lipinski definition) is 0. The standard InChI is InChI=1S/C18H33P.C12H6F4.3C6H5.Ir.Sn/c1-4-10-16(11-5-1)19(17-12-6-2-7-13-17)18-14-8-3-9-15-18;13-9-7-5-1-2-6(4-3-5)8(7)10(14)12(16)11(9)15;3*1-2-4-6-5-3-1;;/h16-18H,1-15H2;1-6H;3*1-5H;;. The molecule has 292 valence electrons. The van der Waals surface area contributed by atoms with Crippen LogP contribution >= 0.6 is 7.92 Å². The van der Waals surface area contributed by atoms with Crippen LogP contribution in [0.15, 0.2) is 115 Å². The zero-order chi connectivity index (χ0) is 37.3. The van der Waals surface area contributed by atoms with Gasteiger partial charge in [0, 0.05) is 43.1 Å². The van der Waals surface area contributed by atoms with E-state index in [0.29, 0.717) is 7.92 Å². The van der Waals surface area contributed by atoms with Crippen molar-refractivity contribution in [1.82, 2.24) is 0 Å². The SMILES string of the molecule is C1CCC(P(C2CCCCC2)C2CCCCC2)CC1.Fc1c(F)c(F)c2c(c1F)C1C=CC2C=C1.[Ir].c1cc[c]([Sn]([c]2ccccc2)[c]2ccccc2)cc1. The zero-order valence-corrected chi connectivity index (χ0v) is 37.9. The molecule has 0 aromatic heterocycles. The summed E-state index contributed by atoms with van der Waals surface area (Å²) in [5, 5.41) is 0. The molecular formula is C48H54F4IrPSn. The summed E-state index contributed by atoms with van der Waals surface area (Å²) in [5.74, 6) is -7.01. The Morgan fingerprint density at radius 3 is 0.927 bits per heavy atom. The van der Waals surface area contributed by atoms with E-state index in [1.807, 2.05) is 0 Å². The number of benzene rings is 4. The van der Waals surface area contributed by atoms with E-state index in [-0.39, 0.29) is 31.2 Å². The van der Waals surface area contributed by atoms with Gasteiger partial charge < -0.3 is 0 Å². The van der Waals surface area contributed by atoms with Crippen LogP contribution in [0.5, 0.6) is 0 Å². The predicted octanol–water partition coefficient (Wildman–Crippen LogP) is 12.2. The topological polar surface area (TPSA) is 0 Å².